The molecule has 1 aliphatic rings. The van der Waals surface area contributed by atoms with Gasteiger partial charge in [0.25, 0.3) is 0 Å². The van der Waals surface area contributed by atoms with Crippen LogP contribution in [0, 0.1) is 0 Å². The number of hydrogen-bond acceptors (Lipinski definition) is 2. The molecule has 0 fully saturated rings. The first-order chi connectivity index (χ1) is 27.3. The first-order valence-corrected chi connectivity index (χ1v) is 18.9. The number of rotatable bonds is 6. The highest BCUT2D eigenvalue weighted by molar-refractivity contribution is 6.07. The third kappa shape index (κ3) is 4.75. The van der Waals surface area contributed by atoms with Crippen LogP contribution in [0.1, 0.15) is 22.3 Å². The van der Waals surface area contributed by atoms with Gasteiger partial charge in [-0.1, -0.05) is 176 Å². The van der Waals surface area contributed by atoms with Gasteiger partial charge in [0.1, 0.15) is 11.2 Å². The van der Waals surface area contributed by atoms with E-state index < -0.39 is 5.41 Å². The average molecular weight is 702 g/mol. The minimum absolute atomic E-state index is 0.655. The average Bonchev–Trinajstić information content (AvgIpc) is 3.79. The Bertz CT molecular complexity index is 3030. The Balaban J connectivity index is 1.21. The maximum absolute atomic E-state index is 6.87. The number of fused-ring (bicyclic) bond motifs is 7. The zero-order chi connectivity index (χ0) is 36.3. The van der Waals surface area contributed by atoms with Crippen LogP contribution in [0.3, 0.4) is 0 Å². The van der Waals surface area contributed by atoms with Crippen LogP contribution < -0.4 is 4.90 Å². The Kier molecular flexibility index (Phi) is 7.11. The number of hydrogen-bond donors (Lipinski definition) is 0. The molecule has 10 aromatic rings. The summed E-state index contributed by atoms with van der Waals surface area (Å²) < 4.78 is 6.87. The van der Waals surface area contributed by atoms with Gasteiger partial charge < -0.3 is 9.32 Å². The van der Waals surface area contributed by atoms with Crippen molar-refractivity contribution in [2.75, 3.05) is 4.90 Å². The summed E-state index contributed by atoms with van der Waals surface area (Å²) in [5, 5.41) is 4.65. The van der Waals surface area contributed by atoms with Crippen molar-refractivity contribution in [1.82, 2.24) is 0 Å². The first kappa shape index (κ1) is 31.4. The van der Waals surface area contributed by atoms with E-state index in [0.717, 1.165) is 44.6 Å². The summed E-state index contributed by atoms with van der Waals surface area (Å²) in [6.07, 6.45) is 0. The molecule has 0 amide bonds. The molecule has 11 rings (SSSR count). The van der Waals surface area contributed by atoms with Crippen LogP contribution in [0.15, 0.2) is 217 Å². The topological polar surface area (TPSA) is 16.4 Å². The Hall–Kier alpha value is -7.16. The van der Waals surface area contributed by atoms with E-state index in [0.29, 0.717) is 0 Å². The maximum atomic E-state index is 6.87. The van der Waals surface area contributed by atoms with E-state index in [1.807, 2.05) is 0 Å². The second kappa shape index (κ2) is 12.5. The molecule has 0 bridgehead atoms. The van der Waals surface area contributed by atoms with E-state index in [4.69, 9.17) is 4.42 Å². The predicted molar refractivity (Wildman–Crippen MR) is 229 cm³/mol. The van der Waals surface area contributed by atoms with Crippen LogP contribution in [0.4, 0.5) is 17.1 Å². The summed E-state index contributed by atoms with van der Waals surface area (Å²) in [6, 6.07) is 77.0. The molecule has 9 aromatic carbocycles. The van der Waals surface area contributed by atoms with E-state index in [9.17, 15) is 0 Å². The fourth-order valence-electron chi connectivity index (χ4n) is 9.16. The van der Waals surface area contributed by atoms with Crippen molar-refractivity contribution in [2.24, 2.45) is 0 Å². The number of benzene rings is 9. The lowest BCUT2D eigenvalue weighted by Gasteiger charge is -2.35. The molecule has 1 unspecified atom stereocenters. The minimum atomic E-state index is -0.655. The normalized spacial score (nSPS) is 14.6. The Labute approximate surface area is 320 Å². The Morgan fingerprint density at radius 3 is 1.84 bits per heavy atom. The summed E-state index contributed by atoms with van der Waals surface area (Å²) in [6.45, 7) is 0. The van der Waals surface area contributed by atoms with Gasteiger partial charge in [0.15, 0.2) is 0 Å². The molecule has 1 heterocycles. The highest BCUT2D eigenvalue weighted by Crippen LogP contribution is 2.59. The molecule has 0 saturated carbocycles. The number of anilines is 3. The monoisotopic (exact) mass is 701 g/mol. The van der Waals surface area contributed by atoms with Gasteiger partial charge in [0, 0.05) is 33.1 Å². The van der Waals surface area contributed by atoms with E-state index in [1.54, 1.807) is 0 Å². The van der Waals surface area contributed by atoms with Crippen molar-refractivity contribution in [1.29, 1.82) is 0 Å². The van der Waals surface area contributed by atoms with Crippen molar-refractivity contribution in [3.05, 3.63) is 235 Å². The molecule has 0 radical (unpaired) electrons. The van der Waals surface area contributed by atoms with Gasteiger partial charge in [-0.05, 0) is 80.7 Å². The zero-order valence-electron chi connectivity index (χ0n) is 30.1. The van der Waals surface area contributed by atoms with Gasteiger partial charge >= 0.3 is 0 Å². The van der Waals surface area contributed by atoms with Crippen molar-refractivity contribution in [2.45, 2.75) is 5.41 Å². The summed E-state index contributed by atoms with van der Waals surface area (Å²) in [5.41, 5.74) is 14.2. The van der Waals surface area contributed by atoms with Gasteiger partial charge in [-0.3, -0.25) is 0 Å². The number of furan rings is 1. The lowest BCUT2D eigenvalue weighted by atomic mass is 9.67. The highest BCUT2D eigenvalue weighted by Gasteiger charge is 2.48. The standard InChI is InChI=1S/C53H35NO/c1-3-15-36(16-4-1)37-29-31-40(32-30-37)54(50-27-13-18-38-17-7-8-21-42(38)50)41-33-34-44-43-22-9-11-25-47(43)53(49(44)35-41,39-19-5-2-6-20-39)48-26-14-24-46-45-23-10-12-28-51(45)55-52(46)48/h1-35H. The molecule has 1 aromatic heterocycles. The van der Waals surface area contributed by atoms with Gasteiger partial charge in [-0.15, -0.1) is 0 Å². The minimum Gasteiger partial charge on any atom is -0.456 e. The van der Waals surface area contributed by atoms with E-state index in [-0.39, 0.29) is 0 Å². The predicted octanol–water partition coefficient (Wildman–Crippen LogP) is 14.2. The molecule has 258 valence electrons. The van der Waals surface area contributed by atoms with Gasteiger partial charge in [0.05, 0.1) is 11.1 Å². The van der Waals surface area contributed by atoms with Crippen molar-refractivity contribution in [3.63, 3.8) is 0 Å². The summed E-state index contributed by atoms with van der Waals surface area (Å²) in [5.74, 6) is 0. The summed E-state index contributed by atoms with van der Waals surface area (Å²) >= 11 is 0. The lowest BCUT2D eigenvalue weighted by molar-refractivity contribution is 0.648. The zero-order valence-corrected chi connectivity index (χ0v) is 30.1. The van der Waals surface area contributed by atoms with Gasteiger partial charge in [0.2, 0.25) is 0 Å². The van der Waals surface area contributed by atoms with Gasteiger partial charge in [-0.25, -0.2) is 0 Å². The fraction of sp³-hybridized carbons (Fsp3) is 0.0189. The van der Waals surface area contributed by atoms with Crippen LogP contribution in [0.5, 0.6) is 0 Å². The molecule has 2 nitrogen and oxygen atoms in total. The molecule has 0 N–H and O–H groups in total. The van der Waals surface area contributed by atoms with Gasteiger partial charge in [-0.2, -0.15) is 0 Å². The molecular weight excluding hydrogens is 667 g/mol. The van der Waals surface area contributed by atoms with Crippen molar-refractivity contribution >= 4 is 49.8 Å². The number of nitrogens with zero attached hydrogens (tertiary/aromatic N) is 1. The van der Waals surface area contributed by atoms with Crippen LogP contribution in [0.25, 0.3) is 55.0 Å². The lowest BCUT2D eigenvalue weighted by Crippen LogP contribution is -2.29. The molecule has 0 saturated heterocycles. The molecule has 55 heavy (non-hydrogen) atoms. The second-order valence-electron chi connectivity index (χ2n) is 14.4. The maximum Gasteiger partial charge on any atom is 0.140 e. The SMILES string of the molecule is c1ccc(-c2ccc(N(c3ccc4c(c3)C(c3ccccc3)(c3cccc5c3oc3ccccc35)c3ccccc3-4)c3cccc4ccccc34)cc2)cc1. The highest BCUT2D eigenvalue weighted by atomic mass is 16.3. The van der Waals surface area contributed by atoms with Crippen molar-refractivity contribution in [3.8, 4) is 22.3 Å². The molecule has 0 spiro atoms. The van der Waals surface area contributed by atoms with Crippen LogP contribution in [-0.2, 0) is 5.41 Å². The van der Waals surface area contributed by atoms with E-state index in [2.05, 4.69) is 217 Å². The third-order valence-corrected chi connectivity index (χ3v) is 11.5. The molecular formula is C53H35NO. The molecule has 1 aliphatic carbocycles. The Morgan fingerprint density at radius 2 is 0.982 bits per heavy atom. The fourth-order valence-corrected chi connectivity index (χ4v) is 9.16. The summed E-state index contributed by atoms with van der Waals surface area (Å²) in [7, 11) is 0. The van der Waals surface area contributed by atoms with Crippen LogP contribution in [0.2, 0.25) is 0 Å². The third-order valence-electron chi connectivity index (χ3n) is 11.5. The van der Waals surface area contributed by atoms with E-state index >= 15 is 0 Å². The molecule has 1 atom stereocenters. The Morgan fingerprint density at radius 1 is 0.382 bits per heavy atom. The molecule has 2 heteroatoms. The first-order valence-electron chi connectivity index (χ1n) is 18.9. The van der Waals surface area contributed by atoms with Crippen LogP contribution >= 0.6 is 0 Å². The van der Waals surface area contributed by atoms with Crippen molar-refractivity contribution < 1.29 is 4.42 Å². The summed E-state index contributed by atoms with van der Waals surface area (Å²) in [4.78, 5) is 2.43. The second-order valence-corrected chi connectivity index (χ2v) is 14.4. The quantitative estimate of drug-likeness (QED) is 0.172. The molecule has 0 aliphatic heterocycles. The largest absolute Gasteiger partial charge is 0.456 e. The van der Waals surface area contributed by atoms with Crippen LogP contribution in [-0.4, -0.2) is 0 Å². The smallest absolute Gasteiger partial charge is 0.140 e. The number of para-hydroxylation sites is 2. The van der Waals surface area contributed by atoms with E-state index in [1.165, 1.54) is 49.7 Å².